The Labute approximate surface area is 114 Å². The van der Waals surface area contributed by atoms with Gasteiger partial charge in [0.05, 0.1) is 0 Å². The molecular weight excluding hydrogens is 305 g/mol. The summed E-state index contributed by atoms with van der Waals surface area (Å²) >= 11 is 0. The molecule has 0 spiro atoms. The molecule has 4 N–H and O–H groups in total. The molecule has 5 nitrogen and oxygen atoms in total. The molecule has 118 valence electrons. The maximum absolute atomic E-state index is 12.7. The molecule has 0 saturated heterocycles. The fraction of sp³-hybridized carbons (Fsp3) is 0.273. The summed E-state index contributed by atoms with van der Waals surface area (Å²) in [6, 6.07) is 2.10. The van der Waals surface area contributed by atoms with Crippen LogP contribution in [0.2, 0.25) is 0 Å². The van der Waals surface area contributed by atoms with Crippen molar-refractivity contribution < 1.29 is 41.8 Å². The summed E-state index contributed by atoms with van der Waals surface area (Å²) in [6.45, 7) is 0. The molecule has 0 aliphatic carbocycles. The molecule has 0 bridgehead atoms. The van der Waals surface area contributed by atoms with E-state index in [2.05, 4.69) is 0 Å². The molecule has 0 amide bonds. The Bertz CT molecular complexity index is 518. The second-order valence-corrected chi connectivity index (χ2v) is 3.70. The standard InChI is InChI=1S/C9H9F2NO2.C2HF3O2/c10-6-2-1-5(3-7(6)11)4-8(12)9(13)14;3-2(4,5)1(6)7/h1-3,8H,4,12H2,(H,13,14);(H,6,7). The third-order valence-electron chi connectivity index (χ3n) is 2.00. The molecule has 0 radical (unpaired) electrons. The molecule has 0 heterocycles. The van der Waals surface area contributed by atoms with Crippen molar-refractivity contribution in [3.8, 4) is 0 Å². The first-order valence-electron chi connectivity index (χ1n) is 5.17. The van der Waals surface area contributed by atoms with Gasteiger partial charge in [0, 0.05) is 0 Å². The molecule has 1 aromatic rings. The number of hydrogen-bond donors (Lipinski definition) is 3. The van der Waals surface area contributed by atoms with E-state index in [1.165, 1.54) is 6.07 Å². The number of hydrogen-bond acceptors (Lipinski definition) is 3. The average molecular weight is 315 g/mol. The van der Waals surface area contributed by atoms with Crippen molar-refractivity contribution in [3.63, 3.8) is 0 Å². The zero-order valence-corrected chi connectivity index (χ0v) is 10.2. The Hall–Kier alpha value is -2.23. The summed E-state index contributed by atoms with van der Waals surface area (Å²) in [5, 5.41) is 15.6. The first-order chi connectivity index (χ1) is 9.45. The fourth-order valence-corrected chi connectivity index (χ4v) is 1.01. The van der Waals surface area contributed by atoms with Gasteiger partial charge in [0.2, 0.25) is 0 Å². The number of carbonyl (C=O) groups is 2. The molecular formula is C11H10F5NO4. The molecule has 0 aliphatic rings. The van der Waals surface area contributed by atoms with Gasteiger partial charge in [-0.1, -0.05) is 6.07 Å². The van der Waals surface area contributed by atoms with Gasteiger partial charge >= 0.3 is 18.1 Å². The number of benzene rings is 1. The van der Waals surface area contributed by atoms with Gasteiger partial charge in [-0.15, -0.1) is 0 Å². The van der Waals surface area contributed by atoms with Crippen LogP contribution in [0.3, 0.4) is 0 Å². The van der Waals surface area contributed by atoms with Crippen molar-refractivity contribution in [1.82, 2.24) is 0 Å². The second-order valence-electron chi connectivity index (χ2n) is 3.70. The second kappa shape index (κ2) is 7.53. The zero-order chi connectivity index (χ0) is 16.8. The van der Waals surface area contributed by atoms with Gasteiger partial charge in [0.25, 0.3) is 0 Å². The maximum atomic E-state index is 12.7. The normalized spacial score (nSPS) is 12.1. The monoisotopic (exact) mass is 315 g/mol. The fourth-order valence-electron chi connectivity index (χ4n) is 1.01. The summed E-state index contributed by atoms with van der Waals surface area (Å²) in [5.41, 5.74) is 5.58. The average Bonchev–Trinajstić information content (AvgIpc) is 2.33. The van der Waals surface area contributed by atoms with Crippen LogP contribution in [0, 0.1) is 11.6 Å². The van der Waals surface area contributed by atoms with Gasteiger partial charge in [0.1, 0.15) is 6.04 Å². The summed E-state index contributed by atoms with van der Waals surface area (Å²) < 4.78 is 56.9. The predicted octanol–water partition coefficient (Wildman–Crippen LogP) is 1.55. The summed E-state index contributed by atoms with van der Waals surface area (Å²) in [5.74, 6) is -5.89. The van der Waals surface area contributed by atoms with Crippen molar-refractivity contribution >= 4 is 11.9 Å². The lowest BCUT2D eigenvalue weighted by molar-refractivity contribution is -0.192. The minimum Gasteiger partial charge on any atom is -0.480 e. The molecule has 21 heavy (non-hydrogen) atoms. The Morgan fingerprint density at radius 2 is 1.62 bits per heavy atom. The van der Waals surface area contributed by atoms with Gasteiger partial charge < -0.3 is 15.9 Å². The highest BCUT2D eigenvalue weighted by atomic mass is 19.4. The van der Waals surface area contributed by atoms with Gasteiger partial charge in [-0.2, -0.15) is 13.2 Å². The quantitative estimate of drug-likeness (QED) is 0.735. The van der Waals surface area contributed by atoms with Crippen molar-refractivity contribution in [2.75, 3.05) is 0 Å². The molecule has 10 heteroatoms. The highest BCUT2D eigenvalue weighted by molar-refractivity contribution is 5.73. The number of rotatable bonds is 3. The molecule has 1 atom stereocenters. The number of carboxylic acids is 2. The van der Waals surface area contributed by atoms with Crippen LogP contribution in [-0.4, -0.2) is 34.4 Å². The Kier molecular flexibility index (Phi) is 6.73. The smallest absolute Gasteiger partial charge is 0.480 e. The Morgan fingerprint density at radius 3 is 1.95 bits per heavy atom. The molecule has 0 aliphatic heterocycles. The van der Waals surface area contributed by atoms with Gasteiger partial charge in [-0.3, -0.25) is 4.79 Å². The van der Waals surface area contributed by atoms with Crippen molar-refractivity contribution in [2.24, 2.45) is 5.73 Å². The van der Waals surface area contributed by atoms with E-state index in [0.717, 1.165) is 12.1 Å². The van der Waals surface area contributed by atoms with E-state index in [1.807, 2.05) is 0 Å². The zero-order valence-electron chi connectivity index (χ0n) is 10.2. The molecule has 1 unspecified atom stereocenters. The van der Waals surface area contributed by atoms with E-state index >= 15 is 0 Å². The maximum Gasteiger partial charge on any atom is 0.490 e. The van der Waals surface area contributed by atoms with E-state index < -0.39 is 35.8 Å². The van der Waals surface area contributed by atoms with Gasteiger partial charge in [-0.05, 0) is 24.1 Å². The van der Waals surface area contributed by atoms with Crippen LogP contribution < -0.4 is 5.73 Å². The van der Waals surface area contributed by atoms with Crippen LogP contribution in [0.4, 0.5) is 22.0 Å². The Morgan fingerprint density at radius 1 is 1.14 bits per heavy atom. The number of halogens is 5. The van der Waals surface area contributed by atoms with E-state index in [1.54, 1.807) is 0 Å². The van der Waals surface area contributed by atoms with Crippen molar-refractivity contribution in [2.45, 2.75) is 18.6 Å². The number of carboxylic acid groups (broad SMARTS) is 2. The number of alkyl halides is 3. The van der Waals surface area contributed by atoms with Crippen molar-refractivity contribution in [3.05, 3.63) is 35.4 Å². The summed E-state index contributed by atoms with van der Waals surface area (Å²) in [6.07, 6.45) is -5.10. The van der Waals surface area contributed by atoms with Crippen LogP contribution in [0.5, 0.6) is 0 Å². The van der Waals surface area contributed by atoms with E-state index in [9.17, 15) is 26.7 Å². The van der Waals surface area contributed by atoms with E-state index in [0.29, 0.717) is 5.56 Å². The van der Waals surface area contributed by atoms with Crippen LogP contribution in [-0.2, 0) is 16.0 Å². The molecule has 1 rings (SSSR count). The summed E-state index contributed by atoms with van der Waals surface area (Å²) in [4.78, 5) is 19.3. The lowest BCUT2D eigenvalue weighted by atomic mass is 10.1. The minimum atomic E-state index is -5.08. The number of nitrogens with two attached hydrogens (primary N) is 1. The lowest BCUT2D eigenvalue weighted by Gasteiger charge is -2.06. The molecule has 0 fully saturated rings. The van der Waals surface area contributed by atoms with Crippen LogP contribution in [0.1, 0.15) is 5.56 Å². The third-order valence-corrected chi connectivity index (χ3v) is 2.00. The molecule has 1 aromatic carbocycles. The lowest BCUT2D eigenvalue weighted by Crippen LogP contribution is -2.32. The Balaban J connectivity index is 0.000000486. The molecule has 0 aromatic heterocycles. The topological polar surface area (TPSA) is 101 Å². The first kappa shape index (κ1) is 18.8. The van der Waals surface area contributed by atoms with Crippen LogP contribution in [0.25, 0.3) is 0 Å². The van der Waals surface area contributed by atoms with E-state index in [-0.39, 0.29) is 6.42 Å². The summed E-state index contributed by atoms with van der Waals surface area (Å²) in [7, 11) is 0. The van der Waals surface area contributed by atoms with E-state index in [4.69, 9.17) is 20.7 Å². The number of aliphatic carboxylic acids is 2. The van der Waals surface area contributed by atoms with Crippen LogP contribution in [0.15, 0.2) is 18.2 Å². The van der Waals surface area contributed by atoms with Gasteiger partial charge in [0.15, 0.2) is 11.6 Å². The van der Waals surface area contributed by atoms with Gasteiger partial charge in [-0.25, -0.2) is 13.6 Å². The highest BCUT2D eigenvalue weighted by Gasteiger charge is 2.38. The minimum absolute atomic E-state index is 0.0213. The highest BCUT2D eigenvalue weighted by Crippen LogP contribution is 2.13. The SMILES string of the molecule is NC(Cc1ccc(F)c(F)c1)C(=O)O.O=C(O)C(F)(F)F. The predicted molar refractivity (Wildman–Crippen MR) is 59.4 cm³/mol. The van der Waals surface area contributed by atoms with Crippen LogP contribution >= 0.6 is 0 Å². The molecule has 0 saturated carbocycles. The van der Waals surface area contributed by atoms with Crippen molar-refractivity contribution in [1.29, 1.82) is 0 Å². The third kappa shape index (κ3) is 7.20. The largest absolute Gasteiger partial charge is 0.490 e. The first-order valence-corrected chi connectivity index (χ1v) is 5.17.